The summed E-state index contributed by atoms with van der Waals surface area (Å²) < 4.78 is 37.0. The van der Waals surface area contributed by atoms with E-state index in [2.05, 4.69) is 9.97 Å². The number of ketones is 1. The third-order valence-electron chi connectivity index (χ3n) is 2.46. The van der Waals surface area contributed by atoms with E-state index in [1.807, 2.05) is 0 Å². The van der Waals surface area contributed by atoms with Crippen molar-refractivity contribution in [3.05, 3.63) is 59.7 Å². The molecule has 3 nitrogen and oxygen atoms in total. The monoisotopic (exact) mass is 266 g/mol. The van der Waals surface area contributed by atoms with E-state index in [1.54, 1.807) is 18.3 Å². The minimum absolute atomic E-state index is 0.0110. The van der Waals surface area contributed by atoms with Crippen molar-refractivity contribution in [3.63, 3.8) is 0 Å². The number of aromatic nitrogens is 2. The molecule has 2 aromatic rings. The van der Waals surface area contributed by atoms with Crippen LogP contribution in [-0.2, 0) is 12.6 Å². The predicted octanol–water partition coefficient (Wildman–Crippen LogP) is 2.92. The fourth-order valence-corrected chi connectivity index (χ4v) is 1.51. The summed E-state index contributed by atoms with van der Waals surface area (Å²) in [5, 5.41) is 0. The molecule has 0 N–H and O–H groups in total. The molecule has 0 fully saturated rings. The van der Waals surface area contributed by atoms with E-state index in [1.165, 1.54) is 6.20 Å². The van der Waals surface area contributed by atoms with Crippen molar-refractivity contribution in [2.75, 3.05) is 0 Å². The molecule has 0 saturated carbocycles. The summed E-state index contributed by atoms with van der Waals surface area (Å²) in [7, 11) is 0. The summed E-state index contributed by atoms with van der Waals surface area (Å²) in [6, 6.07) is 5.34. The van der Waals surface area contributed by atoms with Gasteiger partial charge in [0.25, 0.3) is 0 Å². The molecule has 98 valence electrons. The van der Waals surface area contributed by atoms with Gasteiger partial charge in [-0.05, 0) is 23.8 Å². The zero-order valence-corrected chi connectivity index (χ0v) is 9.69. The van der Waals surface area contributed by atoms with Crippen LogP contribution in [0.25, 0.3) is 0 Å². The average Bonchev–Trinajstić information content (AvgIpc) is 2.39. The zero-order chi connectivity index (χ0) is 13.9. The average molecular weight is 266 g/mol. The molecule has 0 spiro atoms. The molecule has 6 heteroatoms. The number of carbonyl (C=O) groups is 1. The van der Waals surface area contributed by atoms with Gasteiger partial charge in [-0.3, -0.25) is 14.8 Å². The molecule has 2 aromatic heterocycles. The van der Waals surface area contributed by atoms with Crippen molar-refractivity contribution < 1.29 is 18.0 Å². The largest absolute Gasteiger partial charge is 0.417 e. The first kappa shape index (κ1) is 13.2. The van der Waals surface area contributed by atoms with Gasteiger partial charge in [0.15, 0.2) is 5.78 Å². The molecule has 2 rings (SSSR count). The second kappa shape index (κ2) is 5.17. The lowest BCUT2D eigenvalue weighted by molar-refractivity contribution is -0.137. The fraction of sp³-hybridized carbons (Fsp3) is 0.154. The molecule has 0 aliphatic heterocycles. The van der Waals surface area contributed by atoms with Crippen LogP contribution in [0.1, 0.15) is 21.6 Å². The van der Waals surface area contributed by atoms with Crippen LogP contribution in [0.15, 0.2) is 42.9 Å². The molecular formula is C13H9F3N2O. The predicted molar refractivity (Wildman–Crippen MR) is 61.5 cm³/mol. The molecule has 2 heterocycles. The Morgan fingerprint density at radius 1 is 1.16 bits per heavy atom. The molecule has 19 heavy (non-hydrogen) atoms. The molecule has 0 saturated heterocycles. The van der Waals surface area contributed by atoms with Gasteiger partial charge in [-0.15, -0.1) is 0 Å². The molecule has 0 unspecified atom stereocenters. The first-order chi connectivity index (χ1) is 8.97. The van der Waals surface area contributed by atoms with Crippen molar-refractivity contribution in [2.24, 2.45) is 0 Å². The maximum absolute atomic E-state index is 12.3. The lowest BCUT2D eigenvalue weighted by Gasteiger charge is -2.06. The lowest BCUT2D eigenvalue weighted by atomic mass is 10.1. The number of carbonyl (C=O) groups excluding carboxylic acids is 1. The van der Waals surface area contributed by atoms with Crippen LogP contribution in [0.2, 0.25) is 0 Å². The maximum atomic E-state index is 12.3. The molecule has 0 aromatic carbocycles. The highest BCUT2D eigenvalue weighted by atomic mass is 19.4. The Hall–Kier alpha value is -2.24. The van der Waals surface area contributed by atoms with Crippen molar-refractivity contribution in [1.82, 2.24) is 9.97 Å². The van der Waals surface area contributed by atoms with Gasteiger partial charge in [-0.25, -0.2) is 0 Å². The van der Waals surface area contributed by atoms with E-state index in [0.717, 1.165) is 12.1 Å². The summed E-state index contributed by atoms with van der Waals surface area (Å²) >= 11 is 0. The summed E-state index contributed by atoms with van der Waals surface area (Å²) in [5.74, 6) is -0.346. The number of rotatable bonds is 3. The number of nitrogens with zero attached hydrogens (tertiary/aromatic N) is 2. The Balaban J connectivity index is 2.12. The van der Waals surface area contributed by atoms with Gasteiger partial charge in [0.05, 0.1) is 5.56 Å². The highest BCUT2D eigenvalue weighted by Crippen LogP contribution is 2.28. The van der Waals surface area contributed by atoms with Gasteiger partial charge < -0.3 is 0 Å². The van der Waals surface area contributed by atoms with Crippen LogP contribution in [0, 0.1) is 0 Å². The summed E-state index contributed by atoms with van der Waals surface area (Å²) in [4.78, 5) is 19.2. The molecule has 0 amide bonds. The topological polar surface area (TPSA) is 42.9 Å². The van der Waals surface area contributed by atoms with Crippen molar-refractivity contribution in [1.29, 1.82) is 0 Å². The van der Waals surface area contributed by atoms with E-state index < -0.39 is 11.7 Å². The Morgan fingerprint density at radius 3 is 2.47 bits per heavy atom. The van der Waals surface area contributed by atoms with E-state index in [4.69, 9.17) is 0 Å². The van der Waals surface area contributed by atoms with Crippen LogP contribution in [0.3, 0.4) is 0 Å². The van der Waals surface area contributed by atoms with Crippen LogP contribution >= 0.6 is 0 Å². The van der Waals surface area contributed by atoms with E-state index >= 15 is 0 Å². The fourth-order valence-electron chi connectivity index (χ4n) is 1.51. The molecule has 0 radical (unpaired) electrons. The second-order valence-electron chi connectivity index (χ2n) is 3.89. The van der Waals surface area contributed by atoms with Crippen LogP contribution < -0.4 is 0 Å². The highest BCUT2D eigenvalue weighted by Gasteiger charge is 2.30. The van der Waals surface area contributed by atoms with Crippen LogP contribution in [-0.4, -0.2) is 15.8 Å². The first-order valence-corrected chi connectivity index (χ1v) is 5.42. The summed E-state index contributed by atoms with van der Waals surface area (Å²) in [6.45, 7) is 0. The van der Waals surface area contributed by atoms with Crippen molar-refractivity contribution in [2.45, 2.75) is 12.6 Å². The molecule has 0 atom stereocenters. The van der Waals surface area contributed by atoms with E-state index in [0.29, 0.717) is 11.8 Å². The smallest absolute Gasteiger partial charge is 0.292 e. The third kappa shape index (κ3) is 3.37. The highest BCUT2D eigenvalue weighted by molar-refractivity contribution is 5.95. The summed E-state index contributed by atoms with van der Waals surface area (Å²) in [5.41, 5.74) is -0.170. The van der Waals surface area contributed by atoms with Crippen molar-refractivity contribution >= 4 is 5.78 Å². The van der Waals surface area contributed by atoms with Gasteiger partial charge in [0, 0.05) is 25.0 Å². The standard InChI is InChI=1S/C13H9F3N2O/c14-13(15,16)10-3-4-11(18-8-10)12(19)6-9-2-1-5-17-7-9/h1-5,7-8H,6H2. The van der Waals surface area contributed by atoms with Gasteiger partial charge in [0.1, 0.15) is 5.69 Å². The van der Waals surface area contributed by atoms with Gasteiger partial charge in [-0.1, -0.05) is 6.07 Å². The Bertz CT molecular complexity index is 565. The quantitative estimate of drug-likeness (QED) is 0.802. The van der Waals surface area contributed by atoms with E-state index in [9.17, 15) is 18.0 Å². The van der Waals surface area contributed by atoms with Crippen molar-refractivity contribution in [3.8, 4) is 0 Å². The minimum Gasteiger partial charge on any atom is -0.292 e. The van der Waals surface area contributed by atoms with Gasteiger partial charge in [-0.2, -0.15) is 13.2 Å². The molecular weight excluding hydrogens is 257 g/mol. The Morgan fingerprint density at radius 2 is 1.95 bits per heavy atom. The van der Waals surface area contributed by atoms with Crippen LogP contribution in [0.5, 0.6) is 0 Å². The number of alkyl halides is 3. The maximum Gasteiger partial charge on any atom is 0.417 e. The SMILES string of the molecule is O=C(Cc1cccnc1)c1ccc(C(F)(F)F)cn1. The molecule has 0 aliphatic rings. The number of Topliss-reactive ketones (excluding diaryl/α,β-unsaturated/α-hetero) is 1. The molecule has 0 aliphatic carbocycles. The molecule has 0 bridgehead atoms. The minimum atomic E-state index is -4.45. The number of hydrogen-bond acceptors (Lipinski definition) is 3. The lowest BCUT2D eigenvalue weighted by Crippen LogP contribution is -2.09. The van der Waals surface area contributed by atoms with Crippen LogP contribution in [0.4, 0.5) is 13.2 Å². The van der Waals surface area contributed by atoms with Gasteiger partial charge in [0.2, 0.25) is 0 Å². The number of halogens is 3. The first-order valence-electron chi connectivity index (χ1n) is 5.42. The Kier molecular flexibility index (Phi) is 3.59. The number of hydrogen-bond donors (Lipinski definition) is 0. The summed E-state index contributed by atoms with van der Waals surface area (Å²) in [6.07, 6.45) is -0.618. The normalized spacial score (nSPS) is 11.3. The second-order valence-corrected chi connectivity index (χ2v) is 3.89. The van der Waals surface area contributed by atoms with Gasteiger partial charge >= 0.3 is 6.18 Å². The zero-order valence-electron chi connectivity index (χ0n) is 9.69. The Labute approximate surface area is 107 Å². The number of pyridine rings is 2. The van der Waals surface area contributed by atoms with E-state index in [-0.39, 0.29) is 17.9 Å². The third-order valence-corrected chi connectivity index (χ3v) is 2.46.